The third-order valence-electron chi connectivity index (χ3n) is 3.22. The Morgan fingerprint density at radius 1 is 1.32 bits per heavy atom. The number of unbranched alkanes of at least 4 members (excludes halogenated alkanes) is 1. The first-order valence-electron chi connectivity index (χ1n) is 6.56. The number of rotatable bonds is 6. The third kappa shape index (κ3) is 3.17. The van der Waals surface area contributed by atoms with Crippen LogP contribution in [0.25, 0.3) is 11.0 Å². The van der Waals surface area contributed by atoms with E-state index in [0.29, 0.717) is 5.95 Å². The van der Waals surface area contributed by atoms with Crippen LogP contribution in [0.4, 0.5) is 5.95 Å². The van der Waals surface area contributed by atoms with Gasteiger partial charge in [-0.15, -0.1) is 0 Å². The van der Waals surface area contributed by atoms with Crippen molar-refractivity contribution in [3.63, 3.8) is 0 Å². The number of imidazole rings is 1. The van der Waals surface area contributed by atoms with E-state index in [1.165, 1.54) is 0 Å². The zero-order valence-electron chi connectivity index (χ0n) is 11.9. The molecule has 0 aliphatic carbocycles. The van der Waals surface area contributed by atoms with Gasteiger partial charge < -0.3 is 19.9 Å². The lowest BCUT2D eigenvalue weighted by atomic mass is 10.2. The molecular formula is C14H22N4O. The van der Waals surface area contributed by atoms with Crippen LogP contribution >= 0.6 is 0 Å². The Morgan fingerprint density at radius 3 is 2.79 bits per heavy atom. The van der Waals surface area contributed by atoms with E-state index in [0.717, 1.165) is 42.7 Å². The van der Waals surface area contributed by atoms with E-state index in [1.807, 2.05) is 18.2 Å². The van der Waals surface area contributed by atoms with Gasteiger partial charge in [-0.3, -0.25) is 0 Å². The van der Waals surface area contributed by atoms with Crippen molar-refractivity contribution < 1.29 is 4.74 Å². The Balaban J connectivity index is 2.14. The van der Waals surface area contributed by atoms with E-state index in [1.54, 1.807) is 7.11 Å². The monoisotopic (exact) mass is 262 g/mol. The van der Waals surface area contributed by atoms with Crippen molar-refractivity contribution in [2.24, 2.45) is 0 Å². The largest absolute Gasteiger partial charge is 0.497 e. The predicted molar refractivity (Wildman–Crippen MR) is 78.5 cm³/mol. The lowest BCUT2D eigenvalue weighted by Crippen LogP contribution is -2.13. The summed E-state index contributed by atoms with van der Waals surface area (Å²) < 4.78 is 7.32. The average molecular weight is 262 g/mol. The van der Waals surface area contributed by atoms with Gasteiger partial charge in [0.2, 0.25) is 5.95 Å². The number of nitrogens with zero attached hydrogens (tertiary/aromatic N) is 3. The Hall–Kier alpha value is -1.75. The van der Waals surface area contributed by atoms with Crippen LogP contribution in [-0.4, -0.2) is 42.2 Å². The van der Waals surface area contributed by atoms with Crippen LogP contribution in [0.5, 0.6) is 5.75 Å². The summed E-state index contributed by atoms with van der Waals surface area (Å²) in [6, 6.07) is 5.84. The maximum atomic E-state index is 5.99. The molecule has 2 rings (SSSR count). The van der Waals surface area contributed by atoms with E-state index < -0.39 is 0 Å². The van der Waals surface area contributed by atoms with Crippen molar-refractivity contribution in [3.05, 3.63) is 18.2 Å². The van der Waals surface area contributed by atoms with Gasteiger partial charge in [0.25, 0.3) is 0 Å². The third-order valence-corrected chi connectivity index (χ3v) is 3.22. The molecular weight excluding hydrogens is 240 g/mol. The van der Waals surface area contributed by atoms with Crippen LogP contribution in [0.1, 0.15) is 12.8 Å². The molecule has 0 unspecified atom stereocenters. The number of hydrogen-bond donors (Lipinski definition) is 1. The molecule has 0 aliphatic heterocycles. The number of hydrogen-bond acceptors (Lipinski definition) is 4. The highest BCUT2D eigenvalue weighted by Crippen LogP contribution is 2.23. The van der Waals surface area contributed by atoms with Crippen LogP contribution in [0.3, 0.4) is 0 Å². The number of nitrogen functional groups attached to an aromatic ring is 1. The molecule has 104 valence electrons. The summed E-state index contributed by atoms with van der Waals surface area (Å²) in [5.41, 5.74) is 7.95. The van der Waals surface area contributed by atoms with Gasteiger partial charge in [-0.2, -0.15) is 0 Å². The van der Waals surface area contributed by atoms with Crippen LogP contribution in [-0.2, 0) is 6.54 Å². The van der Waals surface area contributed by atoms with Crippen molar-refractivity contribution in [3.8, 4) is 5.75 Å². The van der Waals surface area contributed by atoms with Gasteiger partial charge in [-0.1, -0.05) is 0 Å². The number of nitrogens with two attached hydrogens (primary N) is 1. The molecule has 0 spiro atoms. The van der Waals surface area contributed by atoms with Crippen LogP contribution in [0.15, 0.2) is 18.2 Å². The minimum absolute atomic E-state index is 0.577. The Bertz CT molecular complexity index is 548. The standard InChI is InChI=1S/C14H22N4O/c1-17(2)8-4-5-9-18-13-10-11(19-3)6-7-12(13)16-14(18)15/h6-7,10H,4-5,8-9H2,1-3H3,(H2,15,16). The van der Waals surface area contributed by atoms with E-state index in [-0.39, 0.29) is 0 Å². The molecule has 0 saturated heterocycles. The van der Waals surface area contributed by atoms with Crippen molar-refractivity contribution in [1.29, 1.82) is 0 Å². The fourth-order valence-corrected chi connectivity index (χ4v) is 2.18. The highest BCUT2D eigenvalue weighted by Gasteiger charge is 2.08. The van der Waals surface area contributed by atoms with E-state index in [9.17, 15) is 0 Å². The van der Waals surface area contributed by atoms with Gasteiger partial charge in [0.15, 0.2) is 0 Å². The summed E-state index contributed by atoms with van der Waals surface area (Å²) in [6.45, 7) is 1.99. The van der Waals surface area contributed by atoms with Gasteiger partial charge in [0, 0.05) is 12.6 Å². The SMILES string of the molecule is COc1ccc2nc(N)n(CCCCN(C)C)c2c1. The minimum atomic E-state index is 0.577. The molecule has 2 N–H and O–H groups in total. The zero-order chi connectivity index (χ0) is 13.8. The highest BCUT2D eigenvalue weighted by molar-refractivity contribution is 5.79. The van der Waals surface area contributed by atoms with Gasteiger partial charge >= 0.3 is 0 Å². The van der Waals surface area contributed by atoms with Gasteiger partial charge in [-0.25, -0.2) is 4.98 Å². The number of ether oxygens (including phenoxy) is 1. The second-order valence-electron chi connectivity index (χ2n) is 4.99. The molecule has 0 bridgehead atoms. The molecule has 2 aromatic rings. The predicted octanol–water partition coefficient (Wildman–Crippen LogP) is 1.97. The molecule has 1 aromatic heterocycles. The number of aromatic nitrogens is 2. The van der Waals surface area contributed by atoms with Crippen LogP contribution < -0.4 is 10.5 Å². The molecule has 5 heteroatoms. The first-order valence-corrected chi connectivity index (χ1v) is 6.56. The number of methoxy groups -OCH3 is 1. The number of benzene rings is 1. The average Bonchev–Trinajstić information content (AvgIpc) is 2.69. The van der Waals surface area contributed by atoms with Crippen molar-refractivity contribution >= 4 is 17.0 Å². The van der Waals surface area contributed by atoms with E-state index >= 15 is 0 Å². The maximum absolute atomic E-state index is 5.99. The molecule has 0 saturated carbocycles. The smallest absolute Gasteiger partial charge is 0.201 e. The molecule has 1 heterocycles. The maximum Gasteiger partial charge on any atom is 0.201 e. The molecule has 0 atom stereocenters. The molecule has 0 radical (unpaired) electrons. The summed E-state index contributed by atoms with van der Waals surface area (Å²) in [5.74, 6) is 1.41. The molecule has 0 amide bonds. The quantitative estimate of drug-likeness (QED) is 0.809. The fraction of sp³-hybridized carbons (Fsp3) is 0.500. The van der Waals surface area contributed by atoms with Crippen molar-refractivity contribution in [1.82, 2.24) is 14.5 Å². The van der Waals surface area contributed by atoms with E-state index in [2.05, 4.69) is 28.5 Å². The number of fused-ring (bicyclic) bond motifs is 1. The van der Waals surface area contributed by atoms with Gasteiger partial charge in [0.05, 0.1) is 18.1 Å². The lowest BCUT2D eigenvalue weighted by Gasteiger charge is -2.10. The minimum Gasteiger partial charge on any atom is -0.497 e. The first kappa shape index (κ1) is 13.7. The topological polar surface area (TPSA) is 56.3 Å². The van der Waals surface area contributed by atoms with E-state index in [4.69, 9.17) is 10.5 Å². The zero-order valence-corrected chi connectivity index (χ0v) is 11.9. The molecule has 0 aliphatic rings. The first-order chi connectivity index (χ1) is 9.11. The van der Waals surface area contributed by atoms with Crippen molar-refractivity contribution in [2.75, 3.05) is 33.5 Å². The summed E-state index contributed by atoms with van der Waals surface area (Å²) in [4.78, 5) is 6.57. The summed E-state index contributed by atoms with van der Waals surface area (Å²) in [7, 11) is 5.85. The van der Waals surface area contributed by atoms with Gasteiger partial charge in [0.1, 0.15) is 5.75 Å². The summed E-state index contributed by atoms with van der Waals surface area (Å²) >= 11 is 0. The molecule has 0 fully saturated rings. The lowest BCUT2D eigenvalue weighted by molar-refractivity contribution is 0.388. The molecule has 19 heavy (non-hydrogen) atoms. The Kier molecular flexibility index (Phi) is 4.27. The summed E-state index contributed by atoms with van der Waals surface area (Å²) in [5, 5.41) is 0. The van der Waals surface area contributed by atoms with Crippen LogP contribution in [0, 0.1) is 0 Å². The number of anilines is 1. The molecule has 1 aromatic carbocycles. The van der Waals surface area contributed by atoms with Crippen molar-refractivity contribution in [2.45, 2.75) is 19.4 Å². The number of aryl methyl sites for hydroxylation is 1. The van der Waals surface area contributed by atoms with Crippen LogP contribution in [0.2, 0.25) is 0 Å². The fourth-order valence-electron chi connectivity index (χ4n) is 2.18. The highest BCUT2D eigenvalue weighted by atomic mass is 16.5. The summed E-state index contributed by atoms with van der Waals surface area (Å²) in [6.07, 6.45) is 2.24. The second kappa shape index (κ2) is 5.93. The Labute approximate surface area is 114 Å². The Morgan fingerprint density at radius 2 is 2.11 bits per heavy atom. The molecule has 5 nitrogen and oxygen atoms in total. The normalized spacial score (nSPS) is 11.4. The van der Waals surface area contributed by atoms with Gasteiger partial charge in [-0.05, 0) is 45.6 Å². The second-order valence-corrected chi connectivity index (χ2v) is 4.99.